The minimum absolute atomic E-state index is 0.556. The van der Waals surface area contributed by atoms with Gasteiger partial charge in [0.15, 0.2) is 0 Å². The average molecular weight is 192 g/mol. The van der Waals surface area contributed by atoms with E-state index in [4.69, 9.17) is 0 Å². The van der Waals surface area contributed by atoms with Gasteiger partial charge in [-0.15, -0.1) is 0 Å². The van der Waals surface area contributed by atoms with E-state index in [1.807, 2.05) is 6.20 Å². The molecule has 0 aliphatic carbocycles. The molecular weight excluding hydrogens is 176 g/mol. The second-order valence-electron chi connectivity index (χ2n) is 3.67. The Morgan fingerprint density at radius 3 is 3.07 bits per heavy atom. The molecule has 1 aromatic rings. The molecule has 0 aromatic carbocycles. The molecule has 0 bridgehead atoms. The van der Waals surface area contributed by atoms with Gasteiger partial charge in [0.25, 0.3) is 0 Å². The maximum absolute atomic E-state index is 4.29. The van der Waals surface area contributed by atoms with Crippen molar-refractivity contribution in [3.63, 3.8) is 0 Å². The zero-order valence-electron chi connectivity index (χ0n) is 8.48. The van der Waals surface area contributed by atoms with Crippen LogP contribution in [0.3, 0.4) is 0 Å². The Hall–Kier alpha value is -1.16. The molecule has 0 saturated carbocycles. The smallest absolute Gasteiger partial charge is 0.147 e. The summed E-state index contributed by atoms with van der Waals surface area (Å²) >= 11 is 0. The van der Waals surface area contributed by atoms with Crippen LogP contribution in [-0.4, -0.2) is 36.1 Å². The van der Waals surface area contributed by atoms with Gasteiger partial charge in [-0.3, -0.25) is 4.98 Å². The molecule has 1 fully saturated rings. The summed E-state index contributed by atoms with van der Waals surface area (Å²) in [5.41, 5.74) is 0. The van der Waals surface area contributed by atoms with Crippen LogP contribution in [0, 0.1) is 0 Å². The van der Waals surface area contributed by atoms with E-state index in [-0.39, 0.29) is 0 Å². The van der Waals surface area contributed by atoms with Crippen LogP contribution in [-0.2, 0) is 0 Å². The van der Waals surface area contributed by atoms with Gasteiger partial charge in [-0.25, -0.2) is 4.98 Å². The summed E-state index contributed by atoms with van der Waals surface area (Å²) in [6, 6.07) is 0.556. The molecule has 2 heterocycles. The normalized spacial score (nSPS) is 21.9. The van der Waals surface area contributed by atoms with Crippen molar-refractivity contribution in [3.05, 3.63) is 18.6 Å². The van der Waals surface area contributed by atoms with E-state index in [2.05, 4.69) is 27.2 Å². The van der Waals surface area contributed by atoms with Gasteiger partial charge in [-0.05, 0) is 19.4 Å². The first-order valence-electron chi connectivity index (χ1n) is 5.07. The standard InChI is InChI=1S/C10H16N4/c1-14(9-3-2-4-11-7-9)10-8-12-5-6-13-10/h5-6,8-9,11H,2-4,7H2,1H3. The summed E-state index contributed by atoms with van der Waals surface area (Å²) in [5.74, 6) is 0.959. The lowest BCUT2D eigenvalue weighted by Crippen LogP contribution is -2.44. The highest BCUT2D eigenvalue weighted by atomic mass is 15.2. The van der Waals surface area contributed by atoms with Crippen LogP contribution in [0.1, 0.15) is 12.8 Å². The van der Waals surface area contributed by atoms with Crippen molar-refractivity contribution in [1.82, 2.24) is 15.3 Å². The highest BCUT2D eigenvalue weighted by Gasteiger charge is 2.18. The van der Waals surface area contributed by atoms with E-state index in [0.717, 1.165) is 18.9 Å². The van der Waals surface area contributed by atoms with Gasteiger partial charge in [-0.2, -0.15) is 0 Å². The lowest BCUT2D eigenvalue weighted by molar-refractivity contribution is 0.443. The summed E-state index contributed by atoms with van der Waals surface area (Å²) in [6.07, 6.45) is 7.74. The molecule has 0 radical (unpaired) electrons. The second-order valence-corrected chi connectivity index (χ2v) is 3.67. The molecule has 1 N–H and O–H groups in total. The van der Waals surface area contributed by atoms with Crippen LogP contribution in [0.2, 0.25) is 0 Å². The molecule has 1 atom stereocenters. The fourth-order valence-electron chi connectivity index (χ4n) is 1.82. The fourth-order valence-corrected chi connectivity index (χ4v) is 1.82. The van der Waals surface area contributed by atoms with Gasteiger partial charge < -0.3 is 10.2 Å². The van der Waals surface area contributed by atoms with Crippen LogP contribution in [0.25, 0.3) is 0 Å². The van der Waals surface area contributed by atoms with E-state index in [1.54, 1.807) is 12.4 Å². The second kappa shape index (κ2) is 4.37. The fraction of sp³-hybridized carbons (Fsp3) is 0.600. The van der Waals surface area contributed by atoms with E-state index in [9.17, 15) is 0 Å². The third-order valence-corrected chi connectivity index (χ3v) is 2.73. The molecule has 1 saturated heterocycles. The van der Waals surface area contributed by atoms with Crippen LogP contribution < -0.4 is 10.2 Å². The number of anilines is 1. The Morgan fingerprint density at radius 1 is 1.50 bits per heavy atom. The number of aromatic nitrogens is 2. The zero-order valence-corrected chi connectivity index (χ0v) is 8.48. The van der Waals surface area contributed by atoms with Gasteiger partial charge in [0.05, 0.1) is 6.20 Å². The largest absolute Gasteiger partial charge is 0.354 e. The summed E-state index contributed by atoms with van der Waals surface area (Å²) in [7, 11) is 2.08. The van der Waals surface area contributed by atoms with Gasteiger partial charge >= 0.3 is 0 Å². The van der Waals surface area contributed by atoms with Crippen LogP contribution in [0.5, 0.6) is 0 Å². The number of likely N-dealkylation sites (N-methyl/N-ethyl adjacent to an activating group) is 1. The van der Waals surface area contributed by atoms with Crippen molar-refractivity contribution in [2.75, 3.05) is 25.0 Å². The van der Waals surface area contributed by atoms with Gasteiger partial charge in [0, 0.05) is 32.0 Å². The molecule has 1 aliphatic rings. The van der Waals surface area contributed by atoms with Crippen LogP contribution >= 0.6 is 0 Å². The molecule has 76 valence electrons. The summed E-state index contributed by atoms with van der Waals surface area (Å²) in [4.78, 5) is 10.6. The van der Waals surface area contributed by atoms with E-state index in [0.29, 0.717) is 6.04 Å². The minimum Gasteiger partial charge on any atom is -0.354 e. The van der Waals surface area contributed by atoms with E-state index >= 15 is 0 Å². The topological polar surface area (TPSA) is 41.1 Å². The summed E-state index contributed by atoms with van der Waals surface area (Å²) in [5, 5.41) is 3.40. The molecule has 14 heavy (non-hydrogen) atoms. The molecule has 4 nitrogen and oxygen atoms in total. The van der Waals surface area contributed by atoms with E-state index in [1.165, 1.54) is 12.8 Å². The summed E-state index contributed by atoms with van der Waals surface area (Å²) < 4.78 is 0. The van der Waals surface area contributed by atoms with E-state index < -0.39 is 0 Å². The number of rotatable bonds is 2. The third-order valence-electron chi connectivity index (χ3n) is 2.73. The Morgan fingerprint density at radius 2 is 2.43 bits per heavy atom. The first kappa shape index (κ1) is 9.40. The van der Waals surface area contributed by atoms with Gasteiger partial charge in [-0.1, -0.05) is 0 Å². The maximum Gasteiger partial charge on any atom is 0.147 e. The van der Waals surface area contributed by atoms with Gasteiger partial charge in [0.2, 0.25) is 0 Å². The number of hydrogen-bond donors (Lipinski definition) is 1. The Labute approximate surface area is 84.4 Å². The first-order valence-corrected chi connectivity index (χ1v) is 5.07. The number of hydrogen-bond acceptors (Lipinski definition) is 4. The van der Waals surface area contributed by atoms with Crippen LogP contribution in [0.15, 0.2) is 18.6 Å². The lowest BCUT2D eigenvalue weighted by Gasteiger charge is -2.32. The van der Waals surface area contributed by atoms with Crippen molar-refractivity contribution < 1.29 is 0 Å². The van der Waals surface area contributed by atoms with Crippen molar-refractivity contribution >= 4 is 5.82 Å². The van der Waals surface area contributed by atoms with Crippen LogP contribution in [0.4, 0.5) is 5.82 Å². The van der Waals surface area contributed by atoms with Crippen molar-refractivity contribution in [1.29, 1.82) is 0 Å². The molecule has 1 unspecified atom stereocenters. The Balaban J connectivity index is 2.03. The third kappa shape index (κ3) is 2.01. The zero-order chi connectivity index (χ0) is 9.80. The first-order chi connectivity index (χ1) is 6.88. The number of piperidine rings is 1. The predicted octanol–water partition coefficient (Wildman–Crippen LogP) is 0.665. The molecule has 2 rings (SSSR count). The molecule has 4 heteroatoms. The molecule has 1 aliphatic heterocycles. The Bertz CT molecular complexity index is 269. The number of nitrogens with one attached hydrogen (secondary N) is 1. The molecule has 1 aromatic heterocycles. The maximum atomic E-state index is 4.29. The SMILES string of the molecule is CN(c1cnccn1)C1CCCNC1. The van der Waals surface area contributed by atoms with Crippen molar-refractivity contribution in [3.8, 4) is 0 Å². The quantitative estimate of drug-likeness (QED) is 0.747. The average Bonchev–Trinajstić information content (AvgIpc) is 2.30. The lowest BCUT2D eigenvalue weighted by atomic mass is 10.1. The minimum atomic E-state index is 0.556. The summed E-state index contributed by atoms with van der Waals surface area (Å²) in [6.45, 7) is 2.19. The molecular formula is C10H16N4. The molecule has 0 spiro atoms. The highest BCUT2D eigenvalue weighted by Crippen LogP contribution is 2.14. The van der Waals surface area contributed by atoms with Gasteiger partial charge in [0.1, 0.15) is 5.82 Å². The molecule has 0 amide bonds. The Kier molecular flexibility index (Phi) is 2.93. The highest BCUT2D eigenvalue weighted by molar-refractivity contribution is 5.35. The monoisotopic (exact) mass is 192 g/mol. The number of nitrogens with zero attached hydrogens (tertiary/aromatic N) is 3. The predicted molar refractivity (Wildman–Crippen MR) is 56.3 cm³/mol. The van der Waals surface area contributed by atoms with Crippen molar-refractivity contribution in [2.45, 2.75) is 18.9 Å². The van der Waals surface area contributed by atoms with Crippen molar-refractivity contribution in [2.24, 2.45) is 0 Å².